The van der Waals surface area contributed by atoms with Crippen LogP contribution in [0.5, 0.6) is 0 Å². The van der Waals surface area contributed by atoms with Crippen molar-refractivity contribution in [2.24, 2.45) is 0 Å². The first kappa shape index (κ1) is 10.2. The maximum atomic E-state index is 10.4. The van der Waals surface area contributed by atoms with Crippen molar-refractivity contribution in [1.82, 2.24) is 0 Å². The predicted octanol–water partition coefficient (Wildman–Crippen LogP) is 1.70. The summed E-state index contributed by atoms with van der Waals surface area (Å²) >= 11 is 2.97. The van der Waals surface area contributed by atoms with Crippen molar-refractivity contribution >= 4 is 21.9 Å². The summed E-state index contributed by atoms with van der Waals surface area (Å²) in [6, 6.07) is 8.61. The molecule has 13 heavy (non-hydrogen) atoms. The summed E-state index contributed by atoms with van der Waals surface area (Å²) in [7, 11) is 0. The third-order valence-electron chi connectivity index (χ3n) is 1.60. The number of rotatable bonds is 3. The van der Waals surface area contributed by atoms with Gasteiger partial charge in [0.05, 0.1) is 6.42 Å². The summed E-state index contributed by atoms with van der Waals surface area (Å²) < 4.78 is -1.47. The number of carboxylic acids is 1. The van der Waals surface area contributed by atoms with Gasteiger partial charge in [0.2, 0.25) is 0 Å². The summed E-state index contributed by atoms with van der Waals surface area (Å²) in [6.07, 6.45) is -0.364. The quantitative estimate of drug-likeness (QED) is 0.797. The lowest BCUT2D eigenvalue weighted by Crippen LogP contribution is -2.21. The van der Waals surface area contributed by atoms with Crippen molar-refractivity contribution in [3.8, 4) is 0 Å². The number of benzene rings is 1. The average molecular weight is 245 g/mol. The Hall–Kier alpha value is -0.870. The van der Waals surface area contributed by atoms with E-state index in [1.165, 1.54) is 0 Å². The van der Waals surface area contributed by atoms with Crippen LogP contribution in [0.2, 0.25) is 0 Å². The molecule has 70 valence electrons. The van der Waals surface area contributed by atoms with Crippen LogP contribution in [0.25, 0.3) is 0 Å². The standard InChI is InChI=1S/C9H9BrO3/c10-9(13,6-8(11)12)7-4-2-1-3-5-7/h1-5,13H,6H2,(H,11,12). The molecule has 0 aliphatic carbocycles. The van der Waals surface area contributed by atoms with Gasteiger partial charge in [0, 0.05) is 0 Å². The van der Waals surface area contributed by atoms with Crippen LogP contribution in [-0.4, -0.2) is 16.2 Å². The van der Waals surface area contributed by atoms with Gasteiger partial charge < -0.3 is 10.2 Å². The van der Waals surface area contributed by atoms with E-state index in [-0.39, 0.29) is 6.42 Å². The molecule has 4 heteroatoms. The van der Waals surface area contributed by atoms with Crippen molar-refractivity contribution in [3.05, 3.63) is 35.9 Å². The third kappa shape index (κ3) is 2.82. The second-order valence-electron chi connectivity index (χ2n) is 2.70. The van der Waals surface area contributed by atoms with Crippen LogP contribution in [0, 0.1) is 0 Å². The number of aliphatic hydroxyl groups is 1. The normalized spacial score (nSPS) is 14.9. The van der Waals surface area contributed by atoms with Gasteiger partial charge in [0.15, 0.2) is 4.51 Å². The molecular weight excluding hydrogens is 236 g/mol. The van der Waals surface area contributed by atoms with E-state index < -0.39 is 10.5 Å². The second-order valence-corrected chi connectivity index (χ2v) is 4.01. The fourth-order valence-electron chi connectivity index (χ4n) is 0.996. The van der Waals surface area contributed by atoms with E-state index in [0.717, 1.165) is 0 Å². The van der Waals surface area contributed by atoms with Crippen molar-refractivity contribution in [2.75, 3.05) is 0 Å². The summed E-state index contributed by atoms with van der Waals surface area (Å²) in [4.78, 5) is 10.4. The van der Waals surface area contributed by atoms with Crippen LogP contribution in [0.15, 0.2) is 30.3 Å². The molecule has 0 fully saturated rings. The first-order valence-corrected chi connectivity index (χ1v) is 4.50. The molecule has 0 spiro atoms. The number of hydrogen-bond acceptors (Lipinski definition) is 2. The fourth-order valence-corrected chi connectivity index (χ4v) is 1.50. The van der Waals surface area contributed by atoms with Crippen molar-refractivity contribution < 1.29 is 15.0 Å². The van der Waals surface area contributed by atoms with Crippen molar-refractivity contribution in [1.29, 1.82) is 0 Å². The summed E-state index contributed by atoms with van der Waals surface area (Å²) in [5.74, 6) is -1.05. The molecule has 1 aromatic carbocycles. The van der Waals surface area contributed by atoms with Crippen molar-refractivity contribution in [2.45, 2.75) is 10.9 Å². The summed E-state index contributed by atoms with van der Waals surface area (Å²) in [5, 5.41) is 18.2. The number of alkyl halides is 1. The van der Waals surface area contributed by atoms with Gasteiger partial charge in [-0.25, -0.2) is 0 Å². The van der Waals surface area contributed by atoms with Gasteiger partial charge in [0.25, 0.3) is 0 Å². The Bertz CT molecular complexity index is 295. The zero-order chi connectivity index (χ0) is 9.90. The maximum absolute atomic E-state index is 10.4. The maximum Gasteiger partial charge on any atom is 0.307 e. The fraction of sp³-hybridized carbons (Fsp3) is 0.222. The van der Waals surface area contributed by atoms with E-state index >= 15 is 0 Å². The number of carbonyl (C=O) groups is 1. The molecule has 0 aromatic heterocycles. The first-order chi connectivity index (χ1) is 6.02. The summed E-state index contributed by atoms with van der Waals surface area (Å²) in [5.41, 5.74) is 0.539. The molecule has 0 aliphatic rings. The number of aliphatic carboxylic acids is 1. The highest BCUT2D eigenvalue weighted by Crippen LogP contribution is 2.31. The lowest BCUT2D eigenvalue weighted by atomic mass is 10.1. The van der Waals surface area contributed by atoms with Crippen LogP contribution < -0.4 is 0 Å². The van der Waals surface area contributed by atoms with Gasteiger partial charge in [-0.2, -0.15) is 0 Å². The molecular formula is C9H9BrO3. The van der Waals surface area contributed by atoms with Crippen LogP contribution in [0.3, 0.4) is 0 Å². The zero-order valence-electron chi connectivity index (χ0n) is 6.77. The number of halogens is 1. The Labute approximate surface area is 84.1 Å². The van der Waals surface area contributed by atoms with Crippen molar-refractivity contribution in [3.63, 3.8) is 0 Å². The first-order valence-electron chi connectivity index (χ1n) is 3.71. The molecule has 1 atom stereocenters. The van der Waals surface area contributed by atoms with Gasteiger partial charge in [-0.15, -0.1) is 0 Å². The molecule has 0 aliphatic heterocycles. The van der Waals surface area contributed by atoms with E-state index in [1.54, 1.807) is 30.3 Å². The van der Waals surface area contributed by atoms with E-state index in [2.05, 4.69) is 15.9 Å². The number of carboxylic acid groups (broad SMARTS) is 1. The van der Waals surface area contributed by atoms with E-state index in [4.69, 9.17) is 5.11 Å². The van der Waals surface area contributed by atoms with E-state index in [1.807, 2.05) is 0 Å². The van der Waals surface area contributed by atoms with Gasteiger partial charge in [-0.05, 0) is 21.5 Å². The molecule has 0 saturated heterocycles. The molecule has 0 radical (unpaired) electrons. The molecule has 0 heterocycles. The Kier molecular flexibility index (Phi) is 3.06. The highest BCUT2D eigenvalue weighted by atomic mass is 79.9. The lowest BCUT2D eigenvalue weighted by molar-refractivity contribution is -0.139. The Morgan fingerprint density at radius 1 is 1.38 bits per heavy atom. The topological polar surface area (TPSA) is 57.5 Å². The second kappa shape index (κ2) is 3.89. The third-order valence-corrected chi connectivity index (χ3v) is 2.34. The minimum absolute atomic E-state index is 0.364. The Balaban J connectivity index is 2.87. The van der Waals surface area contributed by atoms with Crippen LogP contribution in [0.4, 0.5) is 0 Å². The minimum Gasteiger partial charge on any atom is -0.481 e. The molecule has 1 rings (SSSR count). The Morgan fingerprint density at radius 3 is 2.38 bits per heavy atom. The molecule has 0 bridgehead atoms. The molecule has 1 aromatic rings. The molecule has 0 amide bonds. The molecule has 1 unspecified atom stereocenters. The smallest absolute Gasteiger partial charge is 0.307 e. The highest BCUT2D eigenvalue weighted by Gasteiger charge is 2.28. The number of hydrogen-bond donors (Lipinski definition) is 2. The van der Waals surface area contributed by atoms with E-state index in [9.17, 15) is 9.90 Å². The SMILES string of the molecule is O=C(O)CC(O)(Br)c1ccccc1. The minimum atomic E-state index is -1.47. The largest absolute Gasteiger partial charge is 0.481 e. The highest BCUT2D eigenvalue weighted by molar-refractivity contribution is 9.09. The van der Waals surface area contributed by atoms with Gasteiger partial charge in [-0.1, -0.05) is 30.3 Å². The summed E-state index contributed by atoms with van der Waals surface area (Å²) in [6.45, 7) is 0. The van der Waals surface area contributed by atoms with Gasteiger partial charge >= 0.3 is 5.97 Å². The lowest BCUT2D eigenvalue weighted by Gasteiger charge is -2.18. The van der Waals surface area contributed by atoms with Crippen LogP contribution >= 0.6 is 15.9 Å². The van der Waals surface area contributed by atoms with Gasteiger partial charge in [0.1, 0.15) is 0 Å². The monoisotopic (exact) mass is 244 g/mol. The molecule has 3 nitrogen and oxygen atoms in total. The Morgan fingerprint density at radius 2 is 1.92 bits per heavy atom. The van der Waals surface area contributed by atoms with E-state index in [0.29, 0.717) is 5.56 Å². The zero-order valence-corrected chi connectivity index (χ0v) is 8.36. The average Bonchev–Trinajstić information content (AvgIpc) is 2.04. The predicted molar refractivity (Wildman–Crippen MR) is 51.5 cm³/mol. The molecule has 2 N–H and O–H groups in total. The van der Waals surface area contributed by atoms with Crippen LogP contribution in [-0.2, 0) is 9.30 Å². The molecule has 0 saturated carbocycles. The van der Waals surface area contributed by atoms with Gasteiger partial charge in [-0.3, -0.25) is 4.79 Å². The van der Waals surface area contributed by atoms with Crippen LogP contribution in [0.1, 0.15) is 12.0 Å².